The van der Waals surface area contributed by atoms with Gasteiger partial charge in [-0.3, -0.25) is 29.6 Å². The number of hydrogen-bond donors (Lipinski definition) is 1. The fraction of sp³-hybridized carbons (Fsp3) is 0.0667. The van der Waals surface area contributed by atoms with Crippen molar-refractivity contribution in [3.8, 4) is 0 Å². The zero-order valence-electron chi connectivity index (χ0n) is 11.0. The lowest BCUT2D eigenvalue weighted by Gasteiger charge is -2.25. The first-order valence-corrected chi connectivity index (χ1v) is 6.22. The lowest BCUT2D eigenvalue weighted by Crippen LogP contribution is -2.44. The van der Waals surface area contributed by atoms with Crippen LogP contribution < -0.4 is 5.32 Å². The van der Waals surface area contributed by atoms with Gasteiger partial charge < -0.3 is 0 Å². The van der Waals surface area contributed by atoms with E-state index in [0.717, 1.165) is 0 Å². The van der Waals surface area contributed by atoms with Crippen LogP contribution in [0.2, 0.25) is 0 Å². The Hall–Kier alpha value is -3.02. The van der Waals surface area contributed by atoms with Gasteiger partial charge >= 0.3 is 0 Å². The van der Waals surface area contributed by atoms with E-state index in [0.29, 0.717) is 16.8 Å². The van der Waals surface area contributed by atoms with Gasteiger partial charge in [-0.05, 0) is 12.1 Å². The van der Waals surface area contributed by atoms with Crippen LogP contribution in [0.1, 0.15) is 15.9 Å². The Morgan fingerprint density at radius 1 is 1.29 bits per heavy atom. The van der Waals surface area contributed by atoms with Crippen LogP contribution in [0.3, 0.4) is 0 Å². The first-order chi connectivity index (χ1) is 10.0. The first-order valence-electron chi connectivity index (χ1n) is 6.22. The van der Waals surface area contributed by atoms with Crippen LogP contribution in [0.4, 0.5) is 0 Å². The molecule has 0 aromatic carbocycles. The number of fused-ring (bicyclic) bond motifs is 1. The summed E-state index contributed by atoms with van der Waals surface area (Å²) in [4.78, 5) is 41.1. The third kappa shape index (κ3) is 1.80. The molecule has 1 aromatic rings. The number of imide groups is 1. The number of amides is 3. The van der Waals surface area contributed by atoms with Crippen LogP contribution in [0, 0.1) is 5.92 Å². The van der Waals surface area contributed by atoms with Gasteiger partial charge in [0, 0.05) is 18.0 Å². The lowest BCUT2D eigenvalue weighted by molar-refractivity contribution is -0.131. The number of carbonyl (C=O) groups excluding carboxylic acids is 3. The van der Waals surface area contributed by atoms with Gasteiger partial charge in [0.1, 0.15) is 5.70 Å². The lowest BCUT2D eigenvalue weighted by atomic mass is 10.0. The summed E-state index contributed by atoms with van der Waals surface area (Å²) in [5.74, 6) is -2.15. The van der Waals surface area contributed by atoms with Crippen LogP contribution in [0.5, 0.6) is 0 Å². The largest absolute Gasteiger partial charge is 0.290 e. The molecule has 1 atom stereocenters. The van der Waals surface area contributed by atoms with Crippen molar-refractivity contribution in [2.24, 2.45) is 5.92 Å². The molecule has 2 aliphatic rings. The number of nitrogens with one attached hydrogen (secondary N) is 1. The predicted molar refractivity (Wildman–Crippen MR) is 74.4 cm³/mol. The van der Waals surface area contributed by atoms with Crippen molar-refractivity contribution >= 4 is 23.4 Å². The number of aromatic nitrogens is 1. The van der Waals surface area contributed by atoms with Gasteiger partial charge in [-0.1, -0.05) is 12.7 Å². The van der Waals surface area contributed by atoms with E-state index >= 15 is 0 Å². The summed E-state index contributed by atoms with van der Waals surface area (Å²) < 4.78 is 0. The fourth-order valence-electron chi connectivity index (χ4n) is 2.37. The molecule has 3 rings (SSSR count). The Kier molecular flexibility index (Phi) is 2.79. The normalized spacial score (nSPS) is 21.0. The summed E-state index contributed by atoms with van der Waals surface area (Å²) in [6, 6.07) is 1.66. The highest BCUT2D eigenvalue weighted by molar-refractivity contribution is 6.17. The van der Waals surface area contributed by atoms with E-state index in [-0.39, 0.29) is 11.6 Å². The maximum absolute atomic E-state index is 12.4. The molecule has 0 fully saturated rings. The second kappa shape index (κ2) is 4.52. The molecule has 0 radical (unpaired) electrons. The predicted octanol–water partition coefficient (Wildman–Crippen LogP) is 0.851. The molecule has 1 N–H and O–H groups in total. The number of hydrogen-bond acceptors (Lipinski definition) is 4. The van der Waals surface area contributed by atoms with Gasteiger partial charge in [0.2, 0.25) is 5.91 Å². The molecule has 0 bridgehead atoms. The van der Waals surface area contributed by atoms with E-state index in [9.17, 15) is 14.4 Å². The van der Waals surface area contributed by atoms with Gasteiger partial charge in [-0.2, -0.15) is 0 Å². The number of nitrogens with zero attached hydrogens (tertiary/aromatic N) is 2. The minimum absolute atomic E-state index is 0.0747. The van der Waals surface area contributed by atoms with E-state index in [4.69, 9.17) is 0 Å². The number of rotatable bonds is 2. The van der Waals surface area contributed by atoms with E-state index in [2.05, 4.69) is 23.5 Å². The molecule has 1 aromatic heterocycles. The van der Waals surface area contributed by atoms with Crippen molar-refractivity contribution in [1.29, 1.82) is 0 Å². The smallest absolute Gasteiger partial charge is 0.274 e. The number of carbonyl (C=O) groups is 3. The minimum Gasteiger partial charge on any atom is -0.290 e. The van der Waals surface area contributed by atoms with E-state index < -0.39 is 17.7 Å². The summed E-state index contributed by atoms with van der Waals surface area (Å²) >= 11 is 0. The topological polar surface area (TPSA) is 79.4 Å². The standard InChI is InChI=1S/C15H11N3O3/c1-3-9-6-12(14(20)17-13(9)19)18-8(2)10-4-5-16-7-11(10)15(18)21/h3-7,9H,1-2H2,(H,17,19,20). The average molecular weight is 281 g/mol. The molecule has 0 saturated heterocycles. The summed E-state index contributed by atoms with van der Waals surface area (Å²) in [6.45, 7) is 7.40. The van der Waals surface area contributed by atoms with Crippen molar-refractivity contribution < 1.29 is 14.4 Å². The fourth-order valence-corrected chi connectivity index (χ4v) is 2.37. The molecule has 2 aliphatic heterocycles. The highest BCUT2D eigenvalue weighted by Crippen LogP contribution is 2.34. The SMILES string of the molecule is C=CC1C=C(N2C(=C)c3ccncc3C2=O)C(=O)NC1=O. The monoisotopic (exact) mass is 281 g/mol. The van der Waals surface area contributed by atoms with Crippen molar-refractivity contribution in [2.45, 2.75) is 0 Å². The molecular formula is C15H11N3O3. The summed E-state index contributed by atoms with van der Waals surface area (Å²) in [5.41, 5.74) is 1.46. The maximum atomic E-state index is 12.4. The molecule has 6 nitrogen and oxygen atoms in total. The quantitative estimate of drug-likeness (QED) is 0.644. The van der Waals surface area contributed by atoms with Gasteiger partial charge in [-0.25, -0.2) is 0 Å². The second-order valence-corrected chi connectivity index (χ2v) is 4.64. The van der Waals surface area contributed by atoms with Gasteiger partial charge in [0.05, 0.1) is 17.2 Å². The summed E-state index contributed by atoms with van der Waals surface area (Å²) in [6.07, 6.45) is 5.79. The van der Waals surface area contributed by atoms with Gasteiger partial charge in [-0.15, -0.1) is 6.58 Å². The van der Waals surface area contributed by atoms with Crippen LogP contribution in [-0.2, 0) is 9.59 Å². The average Bonchev–Trinajstić information content (AvgIpc) is 2.72. The van der Waals surface area contributed by atoms with E-state index in [1.165, 1.54) is 23.2 Å². The molecule has 6 heteroatoms. The summed E-state index contributed by atoms with van der Waals surface area (Å²) in [5, 5.41) is 2.21. The zero-order chi connectivity index (χ0) is 15.1. The Balaban J connectivity index is 2.08. The van der Waals surface area contributed by atoms with E-state index in [1.54, 1.807) is 12.3 Å². The molecular weight excluding hydrogens is 270 g/mol. The van der Waals surface area contributed by atoms with Gasteiger partial charge in [0.15, 0.2) is 0 Å². The molecule has 0 spiro atoms. The maximum Gasteiger partial charge on any atom is 0.274 e. The molecule has 21 heavy (non-hydrogen) atoms. The zero-order valence-corrected chi connectivity index (χ0v) is 11.0. The summed E-state index contributed by atoms with van der Waals surface area (Å²) in [7, 11) is 0. The van der Waals surface area contributed by atoms with Crippen LogP contribution >= 0.6 is 0 Å². The van der Waals surface area contributed by atoms with E-state index in [1.807, 2.05) is 0 Å². The molecule has 3 amide bonds. The third-order valence-electron chi connectivity index (χ3n) is 3.44. The first kappa shape index (κ1) is 13.0. The van der Waals surface area contributed by atoms with Crippen LogP contribution in [0.25, 0.3) is 5.70 Å². The van der Waals surface area contributed by atoms with Crippen molar-refractivity contribution in [2.75, 3.05) is 0 Å². The van der Waals surface area contributed by atoms with Crippen molar-refractivity contribution in [3.63, 3.8) is 0 Å². The van der Waals surface area contributed by atoms with Gasteiger partial charge in [0.25, 0.3) is 11.8 Å². The molecule has 104 valence electrons. The van der Waals surface area contributed by atoms with Crippen LogP contribution in [0.15, 0.2) is 49.5 Å². The third-order valence-corrected chi connectivity index (χ3v) is 3.44. The highest BCUT2D eigenvalue weighted by Gasteiger charge is 2.38. The molecule has 3 heterocycles. The molecule has 0 saturated carbocycles. The van der Waals surface area contributed by atoms with Crippen molar-refractivity contribution in [1.82, 2.24) is 15.2 Å². The Morgan fingerprint density at radius 3 is 2.71 bits per heavy atom. The Bertz CT molecular complexity index is 713. The molecule has 1 unspecified atom stereocenters. The Morgan fingerprint density at radius 2 is 2.05 bits per heavy atom. The molecule has 0 aliphatic carbocycles. The van der Waals surface area contributed by atoms with Crippen molar-refractivity contribution in [3.05, 3.63) is 60.6 Å². The number of pyridine rings is 1. The highest BCUT2D eigenvalue weighted by atomic mass is 16.2. The second-order valence-electron chi connectivity index (χ2n) is 4.64. The van der Waals surface area contributed by atoms with Crippen LogP contribution in [-0.4, -0.2) is 27.6 Å². The minimum atomic E-state index is -0.667. The Labute approximate surface area is 120 Å².